The summed E-state index contributed by atoms with van der Waals surface area (Å²) in [4.78, 5) is 10.1. The molecule has 1 N–H and O–H groups in total. The van der Waals surface area contributed by atoms with Crippen molar-refractivity contribution in [1.82, 2.24) is 15.3 Å². The van der Waals surface area contributed by atoms with E-state index in [1.54, 1.807) is 0 Å². The van der Waals surface area contributed by atoms with E-state index in [0.29, 0.717) is 6.04 Å². The minimum atomic E-state index is 0.477. The van der Waals surface area contributed by atoms with Crippen molar-refractivity contribution < 1.29 is 0 Å². The molecule has 4 heteroatoms. The van der Waals surface area contributed by atoms with Crippen molar-refractivity contribution in [2.45, 2.75) is 39.2 Å². The molecule has 0 radical (unpaired) electrons. The summed E-state index contributed by atoms with van der Waals surface area (Å²) in [6.07, 6.45) is 6.95. The normalized spacial score (nSPS) is 12.6. The monoisotopic (exact) mass is 275 g/mol. The summed E-state index contributed by atoms with van der Waals surface area (Å²) < 4.78 is 0. The van der Waals surface area contributed by atoms with Crippen LogP contribution in [-0.2, 0) is 12.8 Å². The Morgan fingerprint density at radius 1 is 1.37 bits per heavy atom. The first-order valence-electron chi connectivity index (χ1n) is 6.68. The summed E-state index contributed by atoms with van der Waals surface area (Å²) in [5.41, 5.74) is 2.47. The maximum Gasteiger partial charge on any atom is 0.0946 e. The van der Waals surface area contributed by atoms with E-state index < -0.39 is 0 Å². The smallest absolute Gasteiger partial charge is 0.0946 e. The lowest BCUT2D eigenvalue weighted by Crippen LogP contribution is -2.28. The first-order chi connectivity index (χ1) is 9.19. The molecule has 0 spiro atoms. The highest BCUT2D eigenvalue weighted by Crippen LogP contribution is 2.19. The predicted molar refractivity (Wildman–Crippen MR) is 80.7 cm³/mol. The van der Waals surface area contributed by atoms with E-state index in [4.69, 9.17) is 0 Å². The second-order valence-corrected chi connectivity index (χ2v) is 6.13. The van der Waals surface area contributed by atoms with E-state index in [2.05, 4.69) is 35.2 Å². The lowest BCUT2D eigenvalue weighted by Gasteiger charge is -2.14. The van der Waals surface area contributed by atoms with Crippen molar-refractivity contribution in [1.29, 1.82) is 0 Å². The molecule has 0 aliphatic rings. The Hall–Kier alpha value is -1.26. The van der Waals surface area contributed by atoms with Crippen molar-refractivity contribution in [3.8, 4) is 0 Å². The standard InChI is InChI=1S/C15H21N3S/c1-11-12(2)19-15(18-11)9-14(16-3)7-6-13-5-4-8-17-10-13/h4-5,8,10,14,16H,6-7,9H2,1-3H3. The number of nitrogens with zero attached hydrogens (tertiary/aromatic N) is 2. The number of pyridine rings is 1. The van der Waals surface area contributed by atoms with Gasteiger partial charge in [-0.3, -0.25) is 4.98 Å². The maximum absolute atomic E-state index is 4.62. The highest BCUT2D eigenvalue weighted by atomic mass is 32.1. The summed E-state index contributed by atoms with van der Waals surface area (Å²) in [6, 6.07) is 4.61. The molecule has 1 unspecified atom stereocenters. The third kappa shape index (κ3) is 4.11. The van der Waals surface area contributed by atoms with Crippen LogP contribution in [0.15, 0.2) is 24.5 Å². The molecule has 2 heterocycles. The third-order valence-corrected chi connectivity index (χ3v) is 4.50. The molecule has 1 atom stereocenters. The number of hydrogen-bond acceptors (Lipinski definition) is 4. The van der Waals surface area contributed by atoms with Crippen LogP contribution in [0.1, 0.15) is 27.6 Å². The Balaban J connectivity index is 1.90. The van der Waals surface area contributed by atoms with E-state index in [-0.39, 0.29) is 0 Å². The Kier molecular flexibility index (Phi) is 5.05. The lowest BCUT2D eigenvalue weighted by atomic mass is 10.0. The Morgan fingerprint density at radius 2 is 2.21 bits per heavy atom. The van der Waals surface area contributed by atoms with Gasteiger partial charge in [-0.05, 0) is 45.4 Å². The van der Waals surface area contributed by atoms with Gasteiger partial charge in [0.1, 0.15) is 0 Å². The lowest BCUT2D eigenvalue weighted by molar-refractivity contribution is 0.518. The number of hydrogen-bond donors (Lipinski definition) is 1. The highest BCUT2D eigenvalue weighted by molar-refractivity contribution is 7.11. The molecule has 2 rings (SSSR count). The van der Waals surface area contributed by atoms with Crippen LogP contribution in [0.2, 0.25) is 0 Å². The largest absolute Gasteiger partial charge is 0.317 e. The van der Waals surface area contributed by atoms with E-state index in [0.717, 1.165) is 19.3 Å². The zero-order valence-electron chi connectivity index (χ0n) is 11.8. The summed E-state index contributed by atoms with van der Waals surface area (Å²) in [5, 5.41) is 4.63. The second-order valence-electron chi connectivity index (χ2n) is 4.84. The van der Waals surface area contributed by atoms with Crippen molar-refractivity contribution in [3.05, 3.63) is 45.7 Å². The molecule has 0 saturated heterocycles. The zero-order chi connectivity index (χ0) is 13.7. The minimum Gasteiger partial charge on any atom is -0.317 e. The SMILES string of the molecule is CNC(CCc1cccnc1)Cc1nc(C)c(C)s1. The Labute approximate surface area is 119 Å². The number of aryl methyl sites for hydroxylation is 3. The Morgan fingerprint density at radius 3 is 2.79 bits per heavy atom. The molecule has 2 aromatic heterocycles. The Bertz CT molecular complexity index is 488. The average molecular weight is 275 g/mol. The number of rotatable bonds is 6. The molecule has 0 amide bonds. The first kappa shape index (κ1) is 14.2. The number of likely N-dealkylation sites (N-methyl/N-ethyl adjacent to an activating group) is 1. The fraction of sp³-hybridized carbons (Fsp3) is 0.467. The van der Waals surface area contributed by atoms with Gasteiger partial charge in [-0.15, -0.1) is 11.3 Å². The number of nitrogens with one attached hydrogen (secondary N) is 1. The molecule has 0 fully saturated rings. The van der Waals surface area contributed by atoms with Gasteiger partial charge >= 0.3 is 0 Å². The van der Waals surface area contributed by atoms with Gasteiger partial charge in [0.25, 0.3) is 0 Å². The summed E-state index contributed by atoms with van der Waals surface area (Å²) in [7, 11) is 2.03. The highest BCUT2D eigenvalue weighted by Gasteiger charge is 2.11. The third-order valence-electron chi connectivity index (χ3n) is 3.41. The van der Waals surface area contributed by atoms with Crippen LogP contribution in [0.4, 0.5) is 0 Å². The van der Waals surface area contributed by atoms with Gasteiger partial charge in [0.2, 0.25) is 0 Å². The van der Waals surface area contributed by atoms with E-state index in [9.17, 15) is 0 Å². The van der Waals surface area contributed by atoms with Crippen LogP contribution >= 0.6 is 11.3 Å². The van der Waals surface area contributed by atoms with Crippen molar-refractivity contribution in [2.75, 3.05) is 7.05 Å². The van der Waals surface area contributed by atoms with Crippen LogP contribution in [0.3, 0.4) is 0 Å². The number of aromatic nitrogens is 2. The summed E-state index contributed by atoms with van der Waals surface area (Å²) in [5.74, 6) is 0. The van der Waals surface area contributed by atoms with Gasteiger partial charge in [0.05, 0.1) is 10.7 Å². The summed E-state index contributed by atoms with van der Waals surface area (Å²) >= 11 is 1.82. The molecule has 0 aliphatic heterocycles. The van der Waals surface area contributed by atoms with E-state index >= 15 is 0 Å². The molecule has 0 aromatic carbocycles. The van der Waals surface area contributed by atoms with Gasteiger partial charge in [-0.25, -0.2) is 4.98 Å². The maximum atomic E-state index is 4.62. The quantitative estimate of drug-likeness (QED) is 0.881. The van der Waals surface area contributed by atoms with Crippen LogP contribution in [0, 0.1) is 13.8 Å². The van der Waals surface area contributed by atoms with Crippen molar-refractivity contribution >= 4 is 11.3 Å². The molecule has 102 valence electrons. The second kappa shape index (κ2) is 6.78. The van der Waals surface area contributed by atoms with Crippen LogP contribution in [0.25, 0.3) is 0 Å². The van der Waals surface area contributed by atoms with Gasteiger partial charge in [0.15, 0.2) is 0 Å². The molecular formula is C15H21N3S. The van der Waals surface area contributed by atoms with Crippen LogP contribution in [-0.4, -0.2) is 23.1 Å². The molecule has 0 aliphatic carbocycles. The van der Waals surface area contributed by atoms with Crippen LogP contribution < -0.4 is 5.32 Å². The first-order valence-corrected chi connectivity index (χ1v) is 7.49. The average Bonchev–Trinajstić information content (AvgIpc) is 2.74. The van der Waals surface area contributed by atoms with Crippen molar-refractivity contribution in [2.24, 2.45) is 0 Å². The fourth-order valence-electron chi connectivity index (χ4n) is 2.07. The molecule has 0 saturated carbocycles. The number of thiazole rings is 1. The summed E-state index contributed by atoms with van der Waals surface area (Å²) in [6.45, 7) is 4.22. The van der Waals surface area contributed by atoms with Crippen molar-refractivity contribution in [3.63, 3.8) is 0 Å². The molecule has 3 nitrogen and oxygen atoms in total. The van der Waals surface area contributed by atoms with E-state index in [1.807, 2.05) is 36.8 Å². The zero-order valence-corrected chi connectivity index (χ0v) is 12.6. The van der Waals surface area contributed by atoms with Gasteiger partial charge < -0.3 is 5.32 Å². The van der Waals surface area contributed by atoms with Gasteiger partial charge in [-0.1, -0.05) is 6.07 Å². The fourth-order valence-corrected chi connectivity index (χ4v) is 3.09. The van der Waals surface area contributed by atoms with Crippen LogP contribution in [0.5, 0.6) is 0 Å². The van der Waals surface area contributed by atoms with Gasteiger partial charge in [-0.2, -0.15) is 0 Å². The predicted octanol–water partition coefficient (Wildman–Crippen LogP) is 2.92. The molecule has 19 heavy (non-hydrogen) atoms. The minimum absolute atomic E-state index is 0.477. The van der Waals surface area contributed by atoms with E-state index in [1.165, 1.54) is 21.1 Å². The van der Waals surface area contributed by atoms with Gasteiger partial charge in [0, 0.05) is 29.7 Å². The molecule has 0 bridgehead atoms. The molecule has 2 aromatic rings. The topological polar surface area (TPSA) is 37.8 Å². The molecular weight excluding hydrogens is 254 g/mol.